The van der Waals surface area contributed by atoms with Crippen molar-refractivity contribution in [3.63, 3.8) is 0 Å². The van der Waals surface area contributed by atoms with Crippen LogP contribution in [0.5, 0.6) is 5.75 Å². The summed E-state index contributed by atoms with van der Waals surface area (Å²) in [7, 11) is 1.40. The zero-order valence-corrected chi connectivity index (χ0v) is 40.1. The van der Waals surface area contributed by atoms with Crippen molar-refractivity contribution in [2.24, 2.45) is 28.1 Å². The number of unbranched alkanes of at least 4 members (excludes halogenated alkanes) is 12. The van der Waals surface area contributed by atoms with Gasteiger partial charge in [-0.3, -0.25) is 38.6 Å². The van der Waals surface area contributed by atoms with E-state index >= 15 is 0 Å². The molecule has 1 aromatic rings. The first-order valence-corrected chi connectivity index (χ1v) is 24.0. The molecule has 0 aliphatic carbocycles. The summed E-state index contributed by atoms with van der Waals surface area (Å²) in [6.45, 7) is 7.25. The van der Waals surface area contributed by atoms with E-state index in [2.05, 4.69) is 43.8 Å². The van der Waals surface area contributed by atoms with Crippen LogP contribution in [-0.2, 0) is 40.0 Å². The highest BCUT2D eigenvalue weighted by Crippen LogP contribution is 2.16. The second-order valence-corrected chi connectivity index (χ2v) is 17.3. The molecule has 374 valence electrons. The summed E-state index contributed by atoms with van der Waals surface area (Å²) >= 11 is 0. The fraction of sp³-hybridized carbons (Fsp3) is 0.702. The number of primary amides is 1. The molecule has 0 aromatic heterocycles. The molecule has 0 saturated carbocycles. The van der Waals surface area contributed by atoms with E-state index in [9.17, 15) is 43.8 Å². The third-order valence-corrected chi connectivity index (χ3v) is 11.5. The maximum Gasteiger partial charge on any atom is 0.245 e. The summed E-state index contributed by atoms with van der Waals surface area (Å²) in [4.78, 5) is 97.2. The molecule has 0 saturated heterocycles. The zero-order chi connectivity index (χ0) is 49.4. The van der Waals surface area contributed by atoms with Gasteiger partial charge in [-0.2, -0.15) is 0 Å². The number of phenolic OH excluding ortho intramolecular Hbond substituents is 1. The van der Waals surface area contributed by atoms with Crippen molar-refractivity contribution in [3.8, 4) is 5.75 Å². The lowest BCUT2D eigenvalue weighted by molar-refractivity contribution is -0.137. The number of aliphatic imine (C=N–C) groups is 1. The van der Waals surface area contributed by atoms with Gasteiger partial charge in [0.15, 0.2) is 5.96 Å². The van der Waals surface area contributed by atoms with Crippen molar-refractivity contribution in [1.29, 1.82) is 0 Å². The highest BCUT2D eigenvalue weighted by molar-refractivity contribution is 5.97. The molecule has 0 spiro atoms. The topological polar surface area (TPSA) is 323 Å². The summed E-state index contributed by atoms with van der Waals surface area (Å²) in [5.74, 6) is -5.60. The predicted octanol–water partition coefficient (Wildman–Crippen LogP) is 2.33. The number of nitrogens with zero attached hydrogens (tertiary/aromatic N) is 1. The number of nitrogens with two attached hydrogens (primary N) is 3. The van der Waals surface area contributed by atoms with Crippen LogP contribution in [0.4, 0.5) is 0 Å². The molecule has 0 unspecified atom stereocenters. The molecule has 0 radical (unpaired) electrons. The van der Waals surface area contributed by atoms with Crippen LogP contribution >= 0.6 is 0 Å². The van der Waals surface area contributed by atoms with Crippen molar-refractivity contribution in [2.45, 2.75) is 192 Å². The Morgan fingerprint density at radius 2 is 1.09 bits per heavy atom. The van der Waals surface area contributed by atoms with Crippen molar-refractivity contribution < 1.29 is 43.8 Å². The van der Waals surface area contributed by atoms with Crippen LogP contribution in [0.15, 0.2) is 29.3 Å². The quantitative estimate of drug-likeness (QED) is 0.0264. The van der Waals surface area contributed by atoms with Gasteiger partial charge in [-0.15, -0.1) is 0 Å². The second-order valence-electron chi connectivity index (χ2n) is 17.3. The third kappa shape index (κ3) is 25.3. The molecule has 7 atom stereocenters. The number of likely N-dealkylation sites (N-methyl/N-ethyl adjacent to an activating group) is 1. The van der Waals surface area contributed by atoms with Crippen molar-refractivity contribution in [2.75, 3.05) is 13.6 Å². The van der Waals surface area contributed by atoms with E-state index < -0.39 is 83.6 Å². The number of rotatable bonds is 36. The Bertz CT molecular complexity index is 1660. The third-order valence-electron chi connectivity index (χ3n) is 11.5. The van der Waals surface area contributed by atoms with Crippen LogP contribution in [0, 0.1) is 5.92 Å². The molecule has 0 bridgehead atoms. The number of hydrogen-bond donors (Lipinski definition) is 11. The maximum atomic E-state index is 14.1. The standard InChI is InChI=1S/C47H82N10O9/c1-6-8-9-10-11-12-13-14-15-16-17-18-19-22-39(61)56-41(32(4)58)46(66)57-40(31(3)7-2)45(65)54-36(27-28-38(48)60)43(63)55-37(30-33-23-25-34(59)26-24-33)44(64)53-35(42(62)51-5)21-20-29-52-47(49)50/h23-26,31-32,35-37,40-41,58-59H,6-22,27-30H2,1-5H3,(H2,48,60)(H,51,62)(H,53,64)(H,54,65)(H,55,63)(H,56,61)(H,57,66)(H4,49,50,52)/t31-,32+,35-,36-,37-,40-,41-/m0/s1. The first-order chi connectivity index (χ1) is 31.4. The molecule has 0 fully saturated rings. The van der Waals surface area contributed by atoms with E-state index in [0.29, 0.717) is 24.8 Å². The summed E-state index contributed by atoms with van der Waals surface area (Å²) < 4.78 is 0. The van der Waals surface area contributed by atoms with Gasteiger partial charge in [-0.25, -0.2) is 0 Å². The highest BCUT2D eigenvalue weighted by atomic mass is 16.3. The highest BCUT2D eigenvalue weighted by Gasteiger charge is 2.35. The van der Waals surface area contributed by atoms with E-state index in [4.69, 9.17) is 17.2 Å². The molecular formula is C47H82N10O9. The average molecular weight is 931 g/mol. The monoisotopic (exact) mass is 931 g/mol. The Morgan fingerprint density at radius 1 is 0.591 bits per heavy atom. The molecule has 19 heteroatoms. The summed E-state index contributed by atoms with van der Waals surface area (Å²) in [5, 5.41) is 36.1. The Balaban J connectivity index is 3.10. The van der Waals surface area contributed by atoms with Gasteiger partial charge in [0.1, 0.15) is 36.0 Å². The number of phenols is 1. The number of aliphatic hydroxyl groups is 1. The summed E-state index contributed by atoms with van der Waals surface area (Å²) in [6.07, 6.45) is 14.0. The van der Waals surface area contributed by atoms with Gasteiger partial charge < -0.3 is 59.3 Å². The molecular weight excluding hydrogens is 849 g/mol. The largest absolute Gasteiger partial charge is 0.508 e. The van der Waals surface area contributed by atoms with E-state index in [1.807, 2.05) is 0 Å². The number of carbonyl (C=O) groups excluding carboxylic acids is 7. The van der Waals surface area contributed by atoms with Crippen LogP contribution in [0.3, 0.4) is 0 Å². The van der Waals surface area contributed by atoms with Crippen molar-refractivity contribution in [1.82, 2.24) is 31.9 Å². The first kappa shape index (κ1) is 58.6. The zero-order valence-electron chi connectivity index (χ0n) is 40.1. The molecule has 0 aliphatic rings. The van der Waals surface area contributed by atoms with Gasteiger partial charge in [0.05, 0.1) is 6.10 Å². The van der Waals surface area contributed by atoms with Crippen LogP contribution < -0.4 is 49.1 Å². The predicted molar refractivity (Wildman–Crippen MR) is 255 cm³/mol. The molecule has 0 heterocycles. The Kier molecular flexibility index (Phi) is 30.1. The van der Waals surface area contributed by atoms with Crippen LogP contribution in [-0.4, -0.2) is 107 Å². The fourth-order valence-electron chi connectivity index (χ4n) is 7.28. The van der Waals surface area contributed by atoms with E-state index in [1.54, 1.807) is 26.0 Å². The normalized spacial score (nSPS) is 14.2. The Labute approximate surface area is 391 Å². The van der Waals surface area contributed by atoms with Gasteiger partial charge in [0.2, 0.25) is 41.4 Å². The number of nitrogens with one attached hydrogen (secondary N) is 6. The number of amides is 7. The smallest absolute Gasteiger partial charge is 0.245 e. The van der Waals surface area contributed by atoms with Crippen LogP contribution in [0.1, 0.15) is 155 Å². The molecule has 7 amide bonds. The number of guanidine groups is 1. The van der Waals surface area contributed by atoms with Gasteiger partial charge in [-0.05, 0) is 56.2 Å². The number of aliphatic hydroxyl groups excluding tert-OH is 1. The van der Waals surface area contributed by atoms with Gasteiger partial charge >= 0.3 is 0 Å². The number of carbonyl (C=O) groups is 7. The SMILES string of the molecule is CCCCCCCCCCCCCCCC(=O)N[C@H](C(=O)N[C@H](C(=O)N[C@@H](CCC(N)=O)C(=O)N[C@@H](Cc1ccc(O)cc1)C(=O)N[C@@H](CCCN=C(N)N)C(=O)NC)[C@@H](C)CC)[C@@H](C)O. The van der Waals surface area contributed by atoms with Gasteiger partial charge in [0.25, 0.3) is 0 Å². The minimum absolute atomic E-state index is 0.0337. The molecule has 1 aromatic carbocycles. The van der Waals surface area contributed by atoms with Crippen LogP contribution in [0.2, 0.25) is 0 Å². The van der Waals surface area contributed by atoms with Gasteiger partial charge in [-0.1, -0.05) is 116 Å². The molecule has 66 heavy (non-hydrogen) atoms. The molecule has 14 N–H and O–H groups in total. The fourth-order valence-corrected chi connectivity index (χ4v) is 7.28. The minimum atomic E-state index is -1.44. The second kappa shape index (κ2) is 33.9. The lowest BCUT2D eigenvalue weighted by Crippen LogP contribution is -2.61. The van der Waals surface area contributed by atoms with Crippen molar-refractivity contribution in [3.05, 3.63) is 29.8 Å². The van der Waals surface area contributed by atoms with Gasteiger partial charge in [0, 0.05) is 32.9 Å². The number of aromatic hydroxyl groups is 1. The van der Waals surface area contributed by atoms with E-state index in [-0.39, 0.29) is 50.4 Å². The molecule has 19 nitrogen and oxygen atoms in total. The lowest BCUT2D eigenvalue weighted by atomic mass is 9.96. The Hall–Kier alpha value is -5.46. The maximum absolute atomic E-state index is 14.1. The van der Waals surface area contributed by atoms with E-state index in [0.717, 1.165) is 25.7 Å². The number of hydrogen-bond acceptors (Lipinski definition) is 10. The van der Waals surface area contributed by atoms with Crippen molar-refractivity contribution >= 4 is 47.3 Å². The molecule has 1 rings (SSSR count). The van der Waals surface area contributed by atoms with E-state index in [1.165, 1.54) is 77.5 Å². The number of benzene rings is 1. The Morgan fingerprint density at radius 3 is 1.61 bits per heavy atom. The minimum Gasteiger partial charge on any atom is -0.508 e. The first-order valence-electron chi connectivity index (χ1n) is 24.0. The van der Waals surface area contributed by atoms with Crippen LogP contribution in [0.25, 0.3) is 0 Å². The average Bonchev–Trinajstić information content (AvgIpc) is 3.27. The summed E-state index contributed by atoms with van der Waals surface area (Å²) in [6, 6.07) is -0.566. The summed E-state index contributed by atoms with van der Waals surface area (Å²) in [5.41, 5.74) is 16.8. The molecule has 0 aliphatic heterocycles. The lowest BCUT2D eigenvalue weighted by Gasteiger charge is -2.29.